The Balaban J connectivity index is 2.04. The number of hydrazine groups is 1. The number of benzene rings is 1. The number of carbonyl (C=O) groups excluding carboxylic acids is 3. The van der Waals surface area contributed by atoms with Crippen LogP contribution in [0.5, 0.6) is 5.75 Å². The fourth-order valence-electron chi connectivity index (χ4n) is 2.45. The lowest BCUT2D eigenvalue weighted by molar-refractivity contribution is -0.137. The van der Waals surface area contributed by atoms with Gasteiger partial charge in [-0.15, -0.1) is 0 Å². The number of anilines is 1. The zero-order valence-corrected chi connectivity index (χ0v) is 11.9. The van der Waals surface area contributed by atoms with Crippen LogP contribution in [0.4, 0.5) is 5.69 Å². The molecular weight excluding hydrogens is 290 g/mol. The zero-order chi connectivity index (χ0) is 15.9. The van der Waals surface area contributed by atoms with E-state index in [1.165, 1.54) is 14.2 Å². The van der Waals surface area contributed by atoms with Crippen molar-refractivity contribution >= 4 is 23.5 Å². The number of hydrogen-bond donors (Lipinski definition) is 2. The first-order valence-electron chi connectivity index (χ1n) is 6.45. The number of carbonyl (C=O) groups is 3. The van der Waals surface area contributed by atoms with Crippen molar-refractivity contribution in [2.45, 2.75) is 6.04 Å². The number of esters is 1. The molecule has 22 heavy (non-hydrogen) atoms. The second kappa shape index (κ2) is 5.15. The topological polar surface area (TPSA) is 97.0 Å². The second-order valence-corrected chi connectivity index (χ2v) is 4.66. The lowest BCUT2D eigenvalue weighted by Crippen LogP contribution is -2.42. The predicted molar refractivity (Wildman–Crippen MR) is 74.6 cm³/mol. The van der Waals surface area contributed by atoms with Crippen LogP contribution in [0.25, 0.3) is 0 Å². The number of hydrogen-bond acceptors (Lipinski definition) is 7. The van der Waals surface area contributed by atoms with Crippen molar-refractivity contribution < 1.29 is 23.9 Å². The highest BCUT2D eigenvalue weighted by molar-refractivity contribution is 6.32. The molecular formula is C14H13N3O5. The molecule has 0 bridgehead atoms. The van der Waals surface area contributed by atoms with Crippen molar-refractivity contribution in [2.75, 3.05) is 19.1 Å². The van der Waals surface area contributed by atoms with E-state index in [1.54, 1.807) is 24.3 Å². The average Bonchev–Trinajstić information content (AvgIpc) is 3.08. The minimum atomic E-state index is -0.909. The normalized spacial score (nSPS) is 20.1. The number of amides is 2. The van der Waals surface area contributed by atoms with Crippen LogP contribution in [0.2, 0.25) is 0 Å². The zero-order valence-electron chi connectivity index (χ0n) is 11.9. The van der Waals surface area contributed by atoms with Gasteiger partial charge in [-0.3, -0.25) is 9.59 Å². The summed E-state index contributed by atoms with van der Waals surface area (Å²) in [5, 5.41) is 0. The van der Waals surface area contributed by atoms with Crippen molar-refractivity contribution in [1.29, 1.82) is 0 Å². The maximum absolute atomic E-state index is 12.5. The molecule has 1 atom stereocenters. The Labute approximate surface area is 125 Å². The Hall–Kier alpha value is -2.87. The highest BCUT2D eigenvalue weighted by Gasteiger charge is 2.50. The maximum Gasteiger partial charge on any atom is 0.356 e. The Kier molecular flexibility index (Phi) is 3.30. The fraction of sp³-hybridized carbons (Fsp3) is 0.214. The van der Waals surface area contributed by atoms with Gasteiger partial charge < -0.3 is 14.9 Å². The lowest BCUT2D eigenvalue weighted by Gasteiger charge is -2.16. The van der Waals surface area contributed by atoms with E-state index in [2.05, 4.69) is 15.6 Å². The van der Waals surface area contributed by atoms with Gasteiger partial charge in [0.05, 0.1) is 25.5 Å². The molecule has 3 rings (SSSR count). The van der Waals surface area contributed by atoms with E-state index >= 15 is 0 Å². The predicted octanol–water partition coefficient (Wildman–Crippen LogP) is -0.528. The molecule has 0 aliphatic carbocycles. The molecule has 2 aliphatic heterocycles. The van der Waals surface area contributed by atoms with Crippen LogP contribution in [-0.4, -0.2) is 38.0 Å². The molecule has 0 saturated carbocycles. The molecule has 0 spiro atoms. The van der Waals surface area contributed by atoms with E-state index in [0.29, 0.717) is 11.4 Å². The lowest BCUT2D eigenvalue weighted by atomic mass is 10.1. The van der Waals surface area contributed by atoms with E-state index in [-0.39, 0.29) is 11.3 Å². The molecule has 1 aromatic rings. The number of methoxy groups -OCH3 is 2. The van der Waals surface area contributed by atoms with Gasteiger partial charge in [0.25, 0.3) is 11.8 Å². The van der Waals surface area contributed by atoms with Gasteiger partial charge in [0.15, 0.2) is 0 Å². The molecule has 1 fully saturated rings. The van der Waals surface area contributed by atoms with E-state index in [4.69, 9.17) is 4.74 Å². The minimum Gasteiger partial charge on any atom is -0.497 e. The second-order valence-electron chi connectivity index (χ2n) is 4.66. The van der Waals surface area contributed by atoms with Crippen LogP contribution < -0.4 is 20.5 Å². The summed E-state index contributed by atoms with van der Waals surface area (Å²) in [6.07, 6.45) is 0. The summed E-state index contributed by atoms with van der Waals surface area (Å²) in [4.78, 5) is 37.7. The quantitative estimate of drug-likeness (QED) is 0.572. The third kappa shape index (κ3) is 1.92. The average molecular weight is 303 g/mol. The van der Waals surface area contributed by atoms with Crippen molar-refractivity contribution in [2.24, 2.45) is 0 Å². The van der Waals surface area contributed by atoms with Crippen molar-refractivity contribution in [3.8, 4) is 5.75 Å². The number of imide groups is 1. The van der Waals surface area contributed by atoms with Crippen LogP contribution in [0.15, 0.2) is 35.5 Å². The van der Waals surface area contributed by atoms with E-state index in [1.807, 2.05) is 0 Å². The standard InChI is InChI=1S/C14H13N3O5/c1-21-8-5-3-4-7(6-8)17-12(18)9-10(13(17)19)15-16-11(9)14(20)22-2/h3-6,10,15-16H,1-2H3. The third-order valence-corrected chi connectivity index (χ3v) is 3.50. The van der Waals surface area contributed by atoms with Gasteiger partial charge in [0.2, 0.25) is 0 Å². The fourth-order valence-corrected chi connectivity index (χ4v) is 2.45. The molecule has 114 valence electrons. The number of fused-ring (bicyclic) bond motifs is 1. The van der Waals surface area contributed by atoms with Crippen LogP contribution in [0.3, 0.4) is 0 Å². The molecule has 2 aliphatic rings. The first-order chi connectivity index (χ1) is 10.6. The van der Waals surface area contributed by atoms with Gasteiger partial charge in [-0.05, 0) is 12.1 Å². The highest BCUT2D eigenvalue weighted by atomic mass is 16.5. The Morgan fingerprint density at radius 3 is 2.73 bits per heavy atom. The molecule has 2 amide bonds. The summed E-state index contributed by atoms with van der Waals surface area (Å²) < 4.78 is 9.69. The first kappa shape index (κ1) is 14.1. The summed E-state index contributed by atoms with van der Waals surface area (Å²) in [5.41, 5.74) is 5.54. The summed E-state index contributed by atoms with van der Waals surface area (Å²) in [5.74, 6) is -1.23. The summed E-state index contributed by atoms with van der Waals surface area (Å²) in [6.45, 7) is 0. The van der Waals surface area contributed by atoms with Gasteiger partial charge >= 0.3 is 5.97 Å². The number of rotatable bonds is 3. The number of ether oxygens (including phenoxy) is 2. The third-order valence-electron chi connectivity index (χ3n) is 3.50. The van der Waals surface area contributed by atoms with Gasteiger partial charge in [-0.2, -0.15) is 0 Å². The molecule has 1 aromatic carbocycles. The Morgan fingerprint density at radius 1 is 1.27 bits per heavy atom. The summed E-state index contributed by atoms with van der Waals surface area (Å²) >= 11 is 0. The Bertz CT molecular complexity index is 712. The summed E-state index contributed by atoms with van der Waals surface area (Å²) in [7, 11) is 2.69. The molecule has 8 heteroatoms. The maximum atomic E-state index is 12.5. The molecule has 1 saturated heterocycles. The van der Waals surface area contributed by atoms with Gasteiger partial charge in [-0.25, -0.2) is 15.1 Å². The van der Waals surface area contributed by atoms with Gasteiger partial charge in [0, 0.05) is 6.07 Å². The van der Waals surface area contributed by atoms with E-state index in [0.717, 1.165) is 4.90 Å². The van der Waals surface area contributed by atoms with Crippen LogP contribution in [0.1, 0.15) is 0 Å². The number of nitrogens with zero attached hydrogens (tertiary/aromatic N) is 1. The smallest absolute Gasteiger partial charge is 0.356 e. The van der Waals surface area contributed by atoms with Crippen molar-refractivity contribution in [3.63, 3.8) is 0 Å². The summed E-state index contributed by atoms with van der Waals surface area (Å²) in [6, 6.07) is 5.65. The van der Waals surface area contributed by atoms with Gasteiger partial charge in [-0.1, -0.05) is 6.07 Å². The van der Waals surface area contributed by atoms with Crippen LogP contribution >= 0.6 is 0 Å². The van der Waals surface area contributed by atoms with Gasteiger partial charge in [0.1, 0.15) is 17.5 Å². The first-order valence-corrected chi connectivity index (χ1v) is 6.45. The van der Waals surface area contributed by atoms with E-state index in [9.17, 15) is 14.4 Å². The van der Waals surface area contributed by atoms with Crippen molar-refractivity contribution in [3.05, 3.63) is 35.5 Å². The van der Waals surface area contributed by atoms with Crippen LogP contribution in [-0.2, 0) is 19.1 Å². The molecule has 1 unspecified atom stereocenters. The number of nitrogens with one attached hydrogen (secondary N) is 2. The van der Waals surface area contributed by atoms with E-state index < -0.39 is 23.8 Å². The monoisotopic (exact) mass is 303 g/mol. The van der Waals surface area contributed by atoms with Crippen LogP contribution in [0, 0.1) is 0 Å². The largest absolute Gasteiger partial charge is 0.497 e. The molecule has 0 aromatic heterocycles. The molecule has 2 heterocycles. The molecule has 0 radical (unpaired) electrons. The minimum absolute atomic E-state index is 0.0451. The van der Waals surface area contributed by atoms with Crippen molar-refractivity contribution in [1.82, 2.24) is 10.9 Å². The molecule has 2 N–H and O–H groups in total. The Morgan fingerprint density at radius 2 is 2.05 bits per heavy atom. The SMILES string of the molecule is COC(=O)C1=C2C(=O)N(c3cccc(OC)c3)C(=O)C2NN1. The molecule has 8 nitrogen and oxygen atoms in total. The highest BCUT2D eigenvalue weighted by Crippen LogP contribution is 2.31.